The van der Waals surface area contributed by atoms with E-state index >= 15 is 0 Å². The third kappa shape index (κ3) is 1.37. The van der Waals surface area contributed by atoms with E-state index in [1.165, 1.54) is 12.1 Å². The minimum atomic E-state index is -3.53. The van der Waals surface area contributed by atoms with Crippen molar-refractivity contribution in [1.29, 1.82) is 0 Å². The molecule has 0 amide bonds. The summed E-state index contributed by atoms with van der Waals surface area (Å²) in [5.41, 5.74) is 0.694. The van der Waals surface area contributed by atoms with Crippen LogP contribution in [0.4, 0.5) is 14.5 Å². The number of hydrogen-bond donors (Lipinski definition) is 1. The van der Waals surface area contributed by atoms with Gasteiger partial charge in [-0.2, -0.15) is 0 Å². The zero-order valence-electron chi connectivity index (χ0n) is 6.80. The molecule has 1 heterocycles. The Morgan fingerprint density at radius 1 is 1.23 bits per heavy atom. The smallest absolute Gasteiger partial charge is 0.395 e. The summed E-state index contributed by atoms with van der Waals surface area (Å²) in [7, 11) is 1.69. The van der Waals surface area contributed by atoms with Gasteiger partial charge in [0, 0.05) is 18.8 Å². The van der Waals surface area contributed by atoms with E-state index in [2.05, 4.69) is 14.8 Å². The van der Waals surface area contributed by atoms with Gasteiger partial charge in [-0.25, -0.2) is 0 Å². The summed E-state index contributed by atoms with van der Waals surface area (Å²) in [4.78, 5) is 0. The van der Waals surface area contributed by atoms with E-state index in [4.69, 9.17) is 0 Å². The third-order valence-corrected chi connectivity index (χ3v) is 1.69. The Hall–Kier alpha value is -1.52. The van der Waals surface area contributed by atoms with Gasteiger partial charge in [0.25, 0.3) is 0 Å². The van der Waals surface area contributed by atoms with Crippen molar-refractivity contribution in [3.05, 3.63) is 18.2 Å². The molecule has 13 heavy (non-hydrogen) atoms. The molecule has 5 heteroatoms. The topological polar surface area (TPSA) is 30.5 Å². The molecule has 0 saturated carbocycles. The summed E-state index contributed by atoms with van der Waals surface area (Å²) < 4.78 is 33.5. The number of fused-ring (bicyclic) bond motifs is 1. The Bertz CT molecular complexity index is 341. The number of nitrogens with one attached hydrogen (secondary N) is 1. The molecular formula is C8H7F2NO2. The molecule has 0 radical (unpaired) electrons. The lowest BCUT2D eigenvalue weighted by molar-refractivity contribution is -0.286. The molecule has 0 aliphatic carbocycles. The fourth-order valence-corrected chi connectivity index (χ4v) is 1.10. The summed E-state index contributed by atoms with van der Waals surface area (Å²) in [5, 5.41) is 2.80. The number of hydrogen-bond acceptors (Lipinski definition) is 3. The summed E-state index contributed by atoms with van der Waals surface area (Å²) in [6, 6.07) is 4.52. The lowest BCUT2D eigenvalue weighted by atomic mass is 10.3. The van der Waals surface area contributed by atoms with Crippen LogP contribution < -0.4 is 14.8 Å². The first-order chi connectivity index (χ1) is 6.11. The lowest BCUT2D eigenvalue weighted by Crippen LogP contribution is -2.25. The number of benzene rings is 1. The van der Waals surface area contributed by atoms with Crippen LogP contribution in [0, 0.1) is 0 Å². The number of ether oxygens (including phenoxy) is 2. The third-order valence-electron chi connectivity index (χ3n) is 1.69. The standard InChI is InChI=1S/C8H7F2NO2/c1-11-5-2-3-6-7(4-5)13-8(9,10)12-6/h2-4,11H,1H3. The van der Waals surface area contributed by atoms with Crippen LogP contribution in [0.25, 0.3) is 0 Å². The van der Waals surface area contributed by atoms with Gasteiger partial charge in [-0.15, -0.1) is 8.78 Å². The Balaban J connectivity index is 2.36. The van der Waals surface area contributed by atoms with E-state index in [1.54, 1.807) is 13.1 Å². The van der Waals surface area contributed by atoms with E-state index in [9.17, 15) is 8.78 Å². The zero-order valence-corrected chi connectivity index (χ0v) is 6.80. The van der Waals surface area contributed by atoms with Crippen molar-refractivity contribution >= 4 is 5.69 Å². The fourth-order valence-electron chi connectivity index (χ4n) is 1.10. The molecule has 3 nitrogen and oxygen atoms in total. The largest absolute Gasteiger partial charge is 0.586 e. The monoisotopic (exact) mass is 187 g/mol. The van der Waals surface area contributed by atoms with Crippen molar-refractivity contribution in [1.82, 2.24) is 0 Å². The number of halogens is 2. The van der Waals surface area contributed by atoms with E-state index in [0.29, 0.717) is 5.69 Å². The first-order valence-electron chi connectivity index (χ1n) is 3.68. The highest BCUT2D eigenvalue weighted by Crippen LogP contribution is 2.41. The molecule has 0 spiro atoms. The summed E-state index contributed by atoms with van der Waals surface area (Å²) in [6.07, 6.45) is -3.53. The minimum absolute atomic E-state index is 0.0526. The molecule has 0 atom stereocenters. The molecular weight excluding hydrogens is 180 g/mol. The predicted molar refractivity (Wildman–Crippen MR) is 42.2 cm³/mol. The number of alkyl halides is 2. The van der Waals surface area contributed by atoms with Gasteiger partial charge in [-0.1, -0.05) is 0 Å². The zero-order chi connectivity index (χ0) is 9.47. The lowest BCUT2D eigenvalue weighted by Gasteiger charge is -2.04. The van der Waals surface area contributed by atoms with Crippen molar-refractivity contribution in [2.24, 2.45) is 0 Å². The maximum atomic E-state index is 12.5. The van der Waals surface area contributed by atoms with E-state index in [1.807, 2.05) is 0 Å². The average molecular weight is 187 g/mol. The van der Waals surface area contributed by atoms with Crippen molar-refractivity contribution < 1.29 is 18.3 Å². The minimum Gasteiger partial charge on any atom is -0.395 e. The summed E-state index contributed by atoms with van der Waals surface area (Å²) >= 11 is 0. The van der Waals surface area contributed by atoms with Gasteiger partial charge in [0.15, 0.2) is 11.5 Å². The second-order valence-corrected chi connectivity index (χ2v) is 2.58. The summed E-state index contributed by atoms with van der Waals surface area (Å²) in [5.74, 6) is 0.112. The molecule has 1 aliphatic heterocycles. The molecule has 1 N–H and O–H groups in total. The highest BCUT2D eigenvalue weighted by molar-refractivity contribution is 5.55. The van der Waals surface area contributed by atoms with Gasteiger partial charge < -0.3 is 14.8 Å². The maximum absolute atomic E-state index is 12.5. The van der Waals surface area contributed by atoms with E-state index < -0.39 is 6.29 Å². The van der Waals surface area contributed by atoms with Crippen LogP contribution in [0.5, 0.6) is 11.5 Å². The molecule has 0 unspecified atom stereocenters. The Morgan fingerprint density at radius 3 is 2.62 bits per heavy atom. The molecule has 0 fully saturated rings. The van der Waals surface area contributed by atoms with Crippen molar-refractivity contribution in [3.63, 3.8) is 0 Å². The second-order valence-electron chi connectivity index (χ2n) is 2.58. The van der Waals surface area contributed by atoms with Crippen molar-refractivity contribution in [2.45, 2.75) is 6.29 Å². The van der Waals surface area contributed by atoms with Crippen molar-refractivity contribution in [3.8, 4) is 11.5 Å². The first kappa shape index (κ1) is 8.10. The van der Waals surface area contributed by atoms with Crippen LogP contribution in [0.3, 0.4) is 0 Å². The molecule has 0 aromatic heterocycles. The van der Waals surface area contributed by atoms with Gasteiger partial charge in [-0.05, 0) is 12.1 Å². The number of anilines is 1. The summed E-state index contributed by atoms with van der Waals surface area (Å²) in [6.45, 7) is 0. The van der Waals surface area contributed by atoms with E-state index in [-0.39, 0.29) is 11.5 Å². The van der Waals surface area contributed by atoms with Crippen LogP contribution in [-0.2, 0) is 0 Å². The normalized spacial score (nSPS) is 17.2. The molecule has 70 valence electrons. The van der Waals surface area contributed by atoms with Gasteiger partial charge >= 0.3 is 6.29 Å². The molecule has 0 bridgehead atoms. The molecule has 2 rings (SSSR count). The van der Waals surface area contributed by atoms with Crippen LogP contribution in [-0.4, -0.2) is 13.3 Å². The Kier molecular flexibility index (Phi) is 1.55. The van der Waals surface area contributed by atoms with Crippen LogP contribution in [0.2, 0.25) is 0 Å². The van der Waals surface area contributed by atoms with Crippen LogP contribution in [0.15, 0.2) is 18.2 Å². The quantitative estimate of drug-likeness (QED) is 0.729. The van der Waals surface area contributed by atoms with Crippen molar-refractivity contribution in [2.75, 3.05) is 12.4 Å². The molecule has 0 saturated heterocycles. The SMILES string of the molecule is CNc1ccc2c(c1)OC(F)(F)O2. The highest BCUT2D eigenvalue weighted by Gasteiger charge is 2.43. The second kappa shape index (κ2) is 2.48. The first-order valence-corrected chi connectivity index (χ1v) is 3.68. The molecule has 1 aromatic rings. The van der Waals surface area contributed by atoms with E-state index in [0.717, 1.165) is 0 Å². The molecule has 1 aromatic carbocycles. The highest BCUT2D eigenvalue weighted by atomic mass is 19.3. The Labute approximate surface area is 73.3 Å². The predicted octanol–water partition coefficient (Wildman–Crippen LogP) is 2.05. The van der Waals surface area contributed by atoms with Crippen LogP contribution >= 0.6 is 0 Å². The van der Waals surface area contributed by atoms with Gasteiger partial charge in [0.2, 0.25) is 0 Å². The number of rotatable bonds is 1. The van der Waals surface area contributed by atoms with Gasteiger partial charge in [-0.3, -0.25) is 0 Å². The van der Waals surface area contributed by atoms with Crippen LogP contribution in [0.1, 0.15) is 0 Å². The molecule has 1 aliphatic rings. The average Bonchev–Trinajstić information content (AvgIpc) is 2.36. The van der Waals surface area contributed by atoms with Gasteiger partial charge in [0.1, 0.15) is 0 Å². The van der Waals surface area contributed by atoms with Gasteiger partial charge in [0.05, 0.1) is 0 Å². The Morgan fingerprint density at radius 2 is 1.92 bits per heavy atom. The maximum Gasteiger partial charge on any atom is 0.586 e. The fraction of sp³-hybridized carbons (Fsp3) is 0.250.